The van der Waals surface area contributed by atoms with Crippen molar-refractivity contribution in [2.24, 2.45) is 11.8 Å². The van der Waals surface area contributed by atoms with Crippen molar-refractivity contribution in [1.29, 1.82) is 0 Å². The van der Waals surface area contributed by atoms with Gasteiger partial charge in [0.25, 0.3) is 0 Å². The molecular weight excluding hydrogens is 879 g/mol. The van der Waals surface area contributed by atoms with Crippen LogP contribution in [0.2, 0.25) is 0 Å². The van der Waals surface area contributed by atoms with Gasteiger partial charge in [-0.25, -0.2) is 0 Å². The van der Waals surface area contributed by atoms with Gasteiger partial charge in [-0.05, 0) is 0 Å². The molecule has 2 aliphatic carbocycles. The summed E-state index contributed by atoms with van der Waals surface area (Å²) in [5, 5.41) is 3.41. The number of fused-ring (bicyclic) bond motifs is 5. The Balaban J connectivity index is 1.29. The van der Waals surface area contributed by atoms with Crippen molar-refractivity contribution in [2.75, 3.05) is 0 Å². The second-order valence-electron chi connectivity index (χ2n) is 18.1. The minimum atomic E-state index is -3.11. The number of allylic oxidation sites excluding steroid dienone is 2. The average Bonchev–Trinajstić information content (AvgIpc) is 3.90. The van der Waals surface area contributed by atoms with Gasteiger partial charge in [0, 0.05) is 0 Å². The van der Waals surface area contributed by atoms with E-state index in [9.17, 15) is 0 Å². The fourth-order valence-corrected chi connectivity index (χ4v) is 30.3. The van der Waals surface area contributed by atoms with E-state index in [0.717, 1.165) is 12.8 Å². The van der Waals surface area contributed by atoms with E-state index in [1.807, 2.05) is 3.32 Å². The molecule has 0 saturated heterocycles. The van der Waals surface area contributed by atoms with E-state index in [2.05, 4.69) is 181 Å². The average molecular weight is 939 g/mol. The quantitative estimate of drug-likeness (QED) is 0.101. The van der Waals surface area contributed by atoms with E-state index in [4.69, 9.17) is 0 Å². The van der Waals surface area contributed by atoms with Crippen molar-refractivity contribution in [3.63, 3.8) is 0 Å². The minimum absolute atomic E-state index is 0.509. The van der Waals surface area contributed by atoms with Gasteiger partial charge in [0.15, 0.2) is 0 Å². The van der Waals surface area contributed by atoms with Gasteiger partial charge >= 0.3 is 361 Å². The summed E-state index contributed by atoms with van der Waals surface area (Å²) in [5.74, 6) is 1.22. The van der Waals surface area contributed by atoms with E-state index in [0.29, 0.717) is 19.2 Å². The van der Waals surface area contributed by atoms with Crippen molar-refractivity contribution in [2.45, 2.75) is 87.4 Å². The molecule has 0 aromatic heterocycles. The fraction of sp³-hybridized carbons (Fsp3) is 0.286. The molecule has 0 saturated carbocycles. The maximum atomic E-state index is 2.71. The van der Waals surface area contributed by atoms with Crippen LogP contribution >= 0.6 is 0 Å². The molecule has 58 heavy (non-hydrogen) atoms. The first-order valence-corrected chi connectivity index (χ1v) is 29.6. The number of hydrogen-bond acceptors (Lipinski definition) is 0. The van der Waals surface area contributed by atoms with Gasteiger partial charge in [0.05, 0.1) is 0 Å². The normalized spacial score (nSPS) is 16.7. The summed E-state index contributed by atoms with van der Waals surface area (Å²) in [4.78, 5) is 0. The zero-order valence-corrected chi connectivity index (χ0v) is 40.5. The summed E-state index contributed by atoms with van der Waals surface area (Å²) in [6.45, 7) is 14.2. The molecule has 0 spiro atoms. The van der Waals surface area contributed by atoms with Gasteiger partial charge in [-0.2, -0.15) is 0 Å². The maximum absolute atomic E-state index is 3.11. The van der Waals surface area contributed by atoms with Gasteiger partial charge in [-0.15, -0.1) is 0 Å². The molecule has 2 atom stereocenters. The molecule has 6 aromatic carbocycles. The first-order chi connectivity index (χ1) is 28.4. The van der Waals surface area contributed by atoms with Crippen LogP contribution in [0.4, 0.5) is 0 Å². The molecule has 0 radical (unpaired) electrons. The molecule has 1 heterocycles. The number of rotatable bonds is 13. The van der Waals surface area contributed by atoms with Crippen LogP contribution in [0.3, 0.4) is 0 Å². The van der Waals surface area contributed by atoms with E-state index in [-0.39, 0.29) is 0 Å². The number of benzene rings is 6. The summed E-state index contributed by atoms with van der Waals surface area (Å²) in [6.07, 6.45) is 12.3. The van der Waals surface area contributed by atoms with Crippen LogP contribution in [0, 0.1) is 11.8 Å². The standard InChI is InChI=1S/2C22H25.C12H9Si.Hf/c2*1-4-8-17-14-19-10-7-12-21(22(19)15-17)20-11-6-5-9-18(20)13-16(2)3;1-3-7-11-9(5-1)10-6-2-4-8-12(10)13-11;/h2*5-7,9-12,14-16H,4,8,13H2,1-3H3;1-7H,13H2;. The molecule has 6 aromatic rings. The Morgan fingerprint density at radius 3 is 1.45 bits per heavy atom. The van der Waals surface area contributed by atoms with Crippen LogP contribution in [0.5, 0.6) is 0 Å². The van der Waals surface area contributed by atoms with E-state index < -0.39 is 31.0 Å². The first kappa shape index (κ1) is 39.4. The van der Waals surface area contributed by atoms with Gasteiger partial charge in [-0.1, -0.05) is 0 Å². The Kier molecular flexibility index (Phi) is 11.4. The van der Waals surface area contributed by atoms with E-state index in [1.54, 1.807) is 38.2 Å². The Morgan fingerprint density at radius 1 is 0.483 bits per heavy atom. The van der Waals surface area contributed by atoms with Gasteiger partial charge in [0.2, 0.25) is 0 Å². The second kappa shape index (κ2) is 16.9. The summed E-state index contributed by atoms with van der Waals surface area (Å²) in [6, 6.07) is 50.3. The van der Waals surface area contributed by atoms with Crippen LogP contribution in [0.1, 0.15) is 108 Å². The van der Waals surface area contributed by atoms with Crippen LogP contribution in [0.25, 0.3) is 45.5 Å². The SMILES string of the molecule is CCCC1=Cc2c(-c3ccccc3CC(C)C)cccc2[CH]1[Hf]([c]1cccc2c1[SiH2]c1ccccc1-2)[CH]1C(CCC)=Cc2c(-c3ccccc3CC(C)C)cccc21. The Hall–Kier alpha value is -4.11. The molecule has 2 heteroatoms. The monoisotopic (exact) mass is 939 g/mol. The zero-order chi connectivity index (χ0) is 39.9. The van der Waals surface area contributed by atoms with Crippen molar-refractivity contribution < 1.29 is 21.4 Å². The third-order valence-electron chi connectivity index (χ3n) is 13.0. The molecule has 0 fully saturated rings. The summed E-state index contributed by atoms with van der Waals surface area (Å²) in [5.41, 5.74) is 21.5. The Morgan fingerprint density at radius 2 is 0.931 bits per heavy atom. The van der Waals surface area contributed by atoms with Crippen LogP contribution < -0.4 is 13.7 Å². The van der Waals surface area contributed by atoms with Crippen molar-refractivity contribution in [3.05, 3.63) is 172 Å². The molecule has 0 N–H and O–H groups in total. The summed E-state index contributed by atoms with van der Waals surface area (Å²) < 4.78 is 2.84. The molecule has 0 bridgehead atoms. The topological polar surface area (TPSA) is 0 Å². The summed E-state index contributed by atoms with van der Waals surface area (Å²) >= 11 is -3.11. The van der Waals surface area contributed by atoms with Crippen molar-refractivity contribution in [3.8, 4) is 33.4 Å². The van der Waals surface area contributed by atoms with Crippen molar-refractivity contribution >= 4 is 35.4 Å². The van der Waals surface area contributed by atoms with Crippen molar-refractivity contribution in [1.82, 2.24) is 0 Å². The molecule has 3 aliphatic rings. The number of hydrogen-bond donors (Lipinski definition) is 0. The van der Waals surface area contributed by atoms with Crippen LogP contribution in [-0.2, 0) is 34.3 Å². The van der Waals surface area contributed by atoms with E-state index >= 15 is 0 Å². The van der Waals surface area contributed by atoms with Gasteiger partial charge < -0.3 is 0 Å². The molecule has 0 amide bonds. The third kappa shape index (κ3) is 7.17. The molecule has 291 valence electrons. The molecule has 2 unspecified atom stereocenters. The predicted molar refractivity (Wildman–Crippen MR) is 251 cm³/mol. The summed E-state index contributed by atoms with van der Waals surface area (Å²) in [7, 11) is -0.611. The van der Waals surface area contributed by atoms with Crippen LogP contribution in [0.15, 0.2) is 139 Å². The second-order valence-corrected chi connectivity index (χ2v) is 29.2. The zero-order valence-electron chi connectivity index (χ0n) is 35.5. The first-order valence-electron chi connectivity index (χ1n) is 22.3. The molecular formula is C56H59HfSi. The van der Waals surface area contributed by atoms with E-state index in [1.165, 1.54) is 75.8 Å². The molecule has 1 aliphatic heterocycles. The van der Waals surface area contributed by atoms with Crippen LogP contribution in [-0.4, -0.2) is 9.52 Å². The third-order valence-corrected chi connectivity index (χ3v) is 29.7. The van der Waals surface area contributed by atoms with Gasteiger partial charge in [0.1, 0.15) is 0 Å². The fourth-order valence-electron chi connectivity index (χ4n) is 10.9. The molecule has 9 rings (SSSR count). The van der Waals surface area contributed by atoms with Gasteiger partial charge in [-0.3, -0.25) is 0 Å². The Bertz CT molecular complexity index is 2420. The molecule has 0 nitrogen and oxygen atoms in total. The Labute approximate surface area is 358 Å². The predicted octanol–water partition coefficient (Wildman–Crippen LogP) is 12.6.